The molecule has 3 aliphatic heterocycles. The number of piperidine rings is 1. The molecule has 0 aliphatic carbocycles. The number of carbonyl (C=O) groups excluding carboxylic acids is 1. The minimum atomic E-state index is -0.161. The predicted octanol–water partition coefficient (Wildman–Crippen LogP) is 4.20. The van der Waals surface area contributed by atoms with Crippen LogP contribution >= 0.6 is 0 Å². The Morgan fingerprint density at radius 3 is 2.65 bits per heavy atom. The van der Waals surface area contributed by atoms with Crippen LogP contribution in [0.15, 0.2) is 60.8 Å². The number of para-hydroxylation sites is 2. The van der Waals surface area contributed by atoms with Crippen LogP contribution in [0.2, 0.25) is 0 Å². The first-order chi connectivity index (χ1) is 15.2. The molecule has 0 atom stereocenters. The smallest absolute Gasteiger partial charge is 0.321 e. The maximum absolute atomic E-state index is 12.9. The Morgan fingerprint density at radius 1 is 0.968 bits per heavy atom. The van der Waals surface area contributed by atoms with Gasteiger partial charge in [0.2, 0.25) is 0 Å². The second-order valence-corrected chi connectivity index (χ2v) is 8.26. The summed E-state index contributed by atoms with van der Waals surface area (Å²) in [4.78, 5) is 14.8. The molecule has 7 heteroatoms. The molecular weight excluding hydrogens is 392 g/mol. The van der Waals surface area contributed by atoms with Crippen LogP contribution in [0.4, 0.5) is 16.2 Å². The van der Waals surface area contributed by atoms with E-state index >= 15 is 0 Å². The van der Waals surface area contributed by atoms with Crippen molar-refractivity contribution in [2.24, 2.45) is 0 Å². The van der Waals surface area contributed by atoms with Gasteiger partial charge in [0.25, 0.3) is 0 Å². The molecule has 3 aliphatic rings. The van der Waals surface area contributed by atoms with Crippen LogP contribution in [0.5, 0.6) is 11.5 Å². The largest absolute Gasteiger partial charge is 0.486 e. The second-order valence-electron chi connectivity index (χ2n) is 8.26. The number of anilines is 2. The zero-order valence-corrected chi connectivity index (χ0v) is 17.1. The highest BCUT2D eigenvalue weighted by Gasteiger charge is 2.42. The van der Waals surface area contributed by atoms with Gasteiger partial charge >= 0.3 is 6.03 Å². The first-order valence-corrected chi connectivity index (χ1v) is 10.7. The van der Waals surface area contributed by atoms with Gasteiger partial charge in [0, 0.05) is 36.7 Å². The van der Waals surface area contributed by atoms with Crippen molar-refractivity contribution in [1.29, 1.82) is 0 Å². The lowest BCUT2D eigenvalue weighted by molar-refractivity contribution is 0.171. The third kappa shape index (κ3) is 3.00. The van der Waals surface area contributed by atoms with E-state index in [1.807, 2.05) is 23.1 Å². The van der Waals surface area contributed by atoms with Crippen molar-refractivity contribution in [1.82, 2.24) is 9.47 Å². The summed E-state index contributed by atoms with van der Waals surface area (Å²) in [6, 6.07) is 18.1. The molecule has 1 spiro atoms. The van der Waals surface area contributed by atoms with Crippen molar-refractivity contribution in [2.75, 3.05) is 36.9 Å². The van der Waals surface area contributed by atoms with Crippen LogP contribution in [-0.2, 0) is 5.54 Å². The van der Waals surface area contributed by atoms with Crippen molar-refractivity contribution in [3.63, 3.8) is 0 Å². The van der Waals surface area contributed by atoms with E-state index in [2.05, 4.69) is 57.8 Å². The summed E-state index contributed by atoms with van der Waals surface area (Å²) in [5.74, 6) is 1.39. The number of fused-ring (bicyclic) bond motifs is 5. The fourth-order valence-corrected chi connectivity index (χ4v) is 4.89. The van der Waals surface area contributed by atoms with Crippen LogP contribution in [0.1, 0.15) is 18.5 Å². The minimum absolute atomic E-state index is 0.0851. The molecule has 1 aromatic heterocycles. The second kappa shape index (κ2) is 6.97. The van der Waals surface area contributed by atoms with Crippen LogP contribution in [-0.4, -0.2) is 41.8 Å². The summed E-state index contributed by atoms with van der Waals surface area (Å²) in [5, 5.41) is 6.80. The van der Waals surface area contributed by atoms with Gasteiger partial charge < -0.3 is 29.6 Å². The SMILES string of the molecule is O=C(Nc1ccc2c(c1)OCCO2)N1CCC2(CC1)Nc1ccccc1-n1cccc12. The van der Waals surface area contributed by atoms with Crippen molar-refractivity contribution >= 4 is 17.4 Å². The Hall–Kier alpha value is -3.61. The first kappa shape index (κ1) is 18.2. The quantitative estimate of drug-likeness (QED) is 0.624. The van der Waals surface area contributed by atoms with Gasteiger partial charge in [-0.25, -0.2) is 4.79 Å². The van der Waals surface area contributed by atoms with Gasteiger partial charge in [-0.2, -0.15) is 0 Å². The van der Waals surface area contributed by atoms with E-state index in [1.165, 1.54) is 11.4 Å². The molecule has 4 heterocycles. The van der Waals surface area contributed by atoms with Crippen molar-refractivity contribution < 1.29 is 14.3 Å². The number of aromatic nitrogens is 1. The molecule has 7 nitrogen and oxygen atoms in total. The molecule has 6 rings (SSSR count). The molecule has 31 heavy (non-hydrogen) atoms. The highest BCUT2D eigenvalue weighted by Crippen LogP contribution is 2.43. The molecule has 2 amide bonds. The number of nitrogens with one attached hydrogen (secondary N) is 2. The van der Waals surface area contributed by atoms with E-state index in [9.17, 15) is 4.79 Å². The molecule has 0 saturated carbocycles. The van der Waals surface area contributed by atoms with Gasteiger partial charge in [0.1, 0.15) is 13.2 Å². The van der Waals surface area contributed by atoms with Gasteiger partial charge in [-0.05, 0) is 49.2 Å². The number of hydrogen-bond acceptors (Lipinski definition) is 4. The third-order valence-electron chi connectivity index (χ3n) is 6.47. The minimum Gasteiger partial charge on any atom is -0.486 e. The summed E-state index contributed by atoms with van der Waals surface area (Å²) in [6.45, 7) is 2.43. The molecule has 1 fully saturated rings. The Bertz CT molecular complexity index is 1150. The lowest BCUT2D eigenvalue weighted by Crippen LogP contribution is -2.51. The standard InChI is InChI=1S/C24H24N4O3/c29-23(25-17-7-8-20-21(16-17)31-15-14-30-20)27-12-9-24(10-13-27)22-6-3-11-28(22)19-5-2-1-4-18(19)26-24/h1-8,11,16,26H,9-10,12-15H2,(H,25,29). The highest BCUT2D eigenvalue weighted by molar-refractivity contribution is 5.90. The fraction of sp³-hybridized carbons (Fsp3) is 0.292. The van der Waals surface area contributed by atoms with E-state index < -0.39 is 0 Å². The van der Waals surface area contributed by atoms with Gasteiger partial charge in [-0.15, -0.1) is 0 Å². The van der Waals surface area contributed by atoms with E-state index in [0.717, 1.165) is 24.3 Å². The molecular formula is C24H24N4O3. The van der Waals surface area contributed by atoms with E-state index in [0.29, 0.717) is 37.7 Å². The Balaban J connectivity index is 1.17. The van der Waals surface area contributed by atoms with E-state index in [4.69, 9.17) is 9.47 Å². The molecule has 2 aromatic carbocycles. The Morgan fingerprint density at radius 2 is 1.77 bits per heavy atom. The van der Waals surface area contributed by atoms with Gasteiger partial charge in [-0.3, -0.25) is 0 Å². The van der Waals surface area contributed by atoms with Crippen LogP contribution in [0, 0.1) is 0 Å². The van der Waals surface area contributed by atoms with Crippen LogP contribution < -0.4 is 20.1 Å². The lowest BCUT2D eigenvalue weighted by Gasteiger charge is -2.46. The lowest BCUT2D eigenvalue weighted by atomic mass is 9.82. The maximum atomic E-state index is 12.9. The summed E-state index contributed by atoms with van der Waals surface area (Å²) in [7, 11) is 0. The van der Waals surface area contributed by atoms with Gasteiger partial charge in [-0.1, -0.05) is 12.1 Å². The number of urea groups is 1. The topological polar surface area (TPSA) is 67.8 Å². The molecule has 0 unspecified atom stereocenters. The molecule has 158 valence electrons. The number of nitrogens with zero attached hydrogens (tertiary/aromatic N) is 2. The van der Waals surface area contributed by atoms with Crippen molar-refractivity contribution in [2.45, 2.75) is 18.4 Å². The number of likely N-dealkylation sites (tertiary alicyclic amines) is 1. The number of hydrogen-bond donors (Lipinski definition) is 2. The summed E-state index contributed by atoms with van der Waals surface area (Å²) in [6.07, 6.45) is 3.82. The average molecular weight is 416 g/mol. The zero-order chi connectivity index (χ0) is 20.8. The number of amides is 2. The van der Waals surface area contributed by atoms with Crippen LogP contribution in [0.25, 0.3) is 5.69 Å². The number of rotatable bonds is 1. The van der Waals surface area contributed by atoms with E-state index in [-0.39, 0.29) is 11.6 Å². The summed E-state index contributed by atoms with van der Waals surface area (Å²) >= 11 is 0. The van der Waals surface area contributed by atoms with Gasteiger partial charge in [0.15, 0.2) is 11.5 Å². The zero-order valence-electron chi connectivity index (χ0n) is 17.1. The number of ether oxygens (including phenoxy) is 2. The molecule has 0 bridgehead atoms. The summed E-state index contributed by atoms with van der Waals surface area (Å²) in [5.41, 5.74) is 4.13. The van der Waals surface area contributed by atoms with Gasteiger partial charge in [0.05, 0.1) is 16.9 Å². The van der Waals surface area contributed by atoms with E-state index in [1.54, 1.807) is 0 Å². The Kier molecular flexibility index (Phi) is 4.09. The average Bonchev–Trinajstić information content (AvgIpc) is 3.31. The monoisotopic (exact) mass is 416 g/mol. The fourth-order valence-electron chi connectivity index (χ4n) is 4.89. The Labute approximate surface area is 180 Å². The normalized spacial score (nSPS) is 18.0. The first-order valence-electron chi connectivity index (χ1n) is 10.7. The molecule has 3 aromatic rings. The predicted molar refractivity (Wildman–Crippen MR) is 118 cm³/mol. The van der Waals surface area contributed by atoms with Crippen molar-refractivity contribution in [3.05, 3.63) is 66.5 Å². The van der Waals surface area contributed by atoms with Crippen molar-refractivity contribution in [3.8, 4) is 17.2 Å². The summed E-state index contributed by atoms with van der Waals surface area (Å²) < 4.78 is 13.4. The third-order valence-corrected chi connectivity index (χ3v) is 6.47. The van der Waals surface area contributed by atoms with Crippen LogP contribution in [0.3, 0.4) is 0 Å². The number of benzene rings is 2. The molecule has 0 radical (unpaired) electrons. The number of carbonyl (C=O) groups is 1. The maximum Gasteiger partial charge on any atom is 0.321 e. The molecule has 1 saturated heterocycles. The highest BCUT2D eigenvalue weighted by atomic mass is 16.6. The molecule has 2 N–H and O–H groups in total.